The van der Waals surface area contributed by atoms with E-state index in [0.29, 0.717) is 6.42 Å². The summed E-state index contributed by atoms with van der Waals surface area (Å²) in [6.45, 7) is 5.04. The van der Waals surface area contributed by atoms with Crippen LogP contribution in [0.3, 0.4) is 0 Å². The van der Waals surface area contributed by atoms with Crippen LogP contribution in [0.2, 0.25) is 0 Å². The molecule has 1 fully saturated rings. The molecule has 18 heavy (non-hydrogen) atoms. The van der Waals surface area contributed by atoms with Crippen molar-refractivity contribution in [2.75, 3.05) is 37.6 Å². The molecule has 100 valence electrons. The van der Waals surface area contributed by atoms with Crippen molar-refractivity contribution in [1.29, 1.82) is 0 Å². The predicted molar refractivity (Wildman–Crippen MR) is 72.3 cm³/mol. The van der Waals surface area contributed by atoms with Crippen LogP contribution in [-0.2, 0) is 4.79 Å². The minimum Gasteiger partial charge on any atom is -0.346 e. The second-order valence-electron chi connectivity index (χ2n) is 4.31. The van der Waals surface area contributed by atoms with Crippen LogP contribution in [0.5, 0.6) is 0 Å². The Hall–Kier alpha value is -1.18. The third-order valence-corrected chi connectivity index (χ3v) is 3.93. The molecular weight excluding hydrogens is 250 g/mol. The molecule has 1 aromatic rings. The van der Waals surface area contributed by atoms with Gasteiger partial charge in [0.15, 0.2) is 5.13 Å². The molecule has 1 amide bonds. The number of piperazine rings is 1. The summed E-state index contributed by atoms with van der Waals surface area (Å²) in [5.41, 5.74) is 2.16. The summed E-state index contributed by atoms with van der Waals surface area (Å²) in [7, 11) is 0. The summed E-state index contributed by atoms with van der Waals surface area (Å²) in [6.07, 6.45) is 3.21. The van der Waals surface area contributed by atoms with E-state index in [0.717, 1.165) is 44.3 Å². The van der Waals surface area contributed by atoms with Gasteiger partial charge in [0.2, 0.25) is 5.91 Å². The molecule has 7 heteroatoms. The van der Waals surface area contributed by atoms with Crippen molar-refractivity contribution in [3.05, 3.63) is 11.6 Å². The van der Waals surface area contributed by atoms with E-state index < -0.39 is 0 Å². The van der Waals surface area contributed by atoms with E-state index in [2.05, 4.69) is 20.2 Å². The zero-order valence-corrected chi connectivity index (χ0v) is 11.2. The number of carbonyl (C=O) groups is 1. The van der Waals surface area contributed by atoms with Gasteiger partial charge in [-0.3, -0.25) is 15.1 Å². The van der Waals surface area contributed by atoms with Gasteiger partial charge >= 0.3 is 0 Å². The quantitative estimate of drug-likeness (QED) is 0.448. The largest absolute Gasteiger partial charge is 0.346 e. The molecule has 1 aliphatic heterocycles. The first-order chi connectivity index (χ1) is 8.79. The van der Waals surface area contributed by atoms with E-state index in [4.69, 9.17) is 5.84 Å². The molecule has 1 aromatic heterocycles. The molecule has 1 aliphatic rings. The predicted octanol–water partition coefficient (Wildman–Crippen LogP) is 0.0352. The average molecular weight is 269 g/mol. The zero-order chi connectivity index (χ0) is 12.8. The minimum absolute atomic E-state index is 0.0866. The SMILES string of the molecule is NNC(=O)CCCN1CCN(c2nccs2)CC1. The summed E-state index contributed by atoms with van der Waals surface area (Å²) in [4.78, 5) is 20.0. The molecule has 2 rings (SSSR count). The molecule has 1 saturated heterocycles. The molecule has 0 spiro atoms. The number of anilines is 1. The first kappa shape index (κ1) is 13.3. The van der Waals surface area contributed by atoms with Gasteiger partial charge in [0.25, 0.3) is 0 Å². The maximum absolute atomic E-state index is 11.0. The maximum atomic E-state index is 11.0. The molecule has 0 bridgehead atoms. The molecule has 2 heterocycles. The maximum Gasteiger partial charge on any atom is 0.233 e. The van der Waals surface area contributed by atoms with Gasteiger partial charge in [-0.15, -0.1) is 11.3 Å². The van der Waals surface area contributed by atoms with Gasteiger partial charge in [-0.2, -0.15) is 0 Å². The van der Waals surface area contributed by atoms with E-state index in [1.54, 1.807) is 11.3 Å². The molecule has 0 unspecified atom stereocenters. The lowest BCUT2D eigenvalue weighted by molar-refractivity contribution is -0.121. The van der Waals surface area contributed by atoms with Crippen molar-refractivity contribution < 1.29 is 4.79 Å². The summed E-state index contributed by atoms with van der Waals surface area (Å²) >= 11 is 1.68. The second kappa shape index (κ2) is 6.67. The molecule has 0 aromatic carbocycles. The highest BCUT2D eigenvalue weighted by atomic mass is 32.1. The molecule has 0 aliphatic carbocycles. The molecule has 0 atom stereocenters. The van der Waals surface area contributed by atoms with Crippen LogP contribution in [0.15, 0.2) is 11.6 Å². The van der Waals surface area contributed by atoms with Crippen LogP contribution in [0.1, 0.15) is 12.8 Å². The lowest BCUT2D eigenvalue weighted by Gasteiger charge is -2.34. The number of nitrogens with zero attached hydrogens (tertiary/aromatic N) is 3. The molecule has 3 N–H and O–H groups in total. The Morgan fingerprint density at radius 1 is 1.44 bits per heavy atom. The number of rotatable bonds is 5. The Morgan fingerprint density at radius 2 is 2.22 bits per heavy atom. The van der Waals surface area contributed by atoms with Crippen molar-refractivity contribution in [3.8, 4) is 0 Å². The average Bonchev–Trinajstić information content (AvgIpc) is 2.93. The summed E-state index contributed by atoms with van der Waals surface area (Å²) < 4.78 is 0. The lowest BCUT2D eigenvalue weighted by atomic mass is 10.2. The van der Waals surface area contributed by atoms with Gasteiger partial charge in [-0.05, 0) is 13.0 Å². The first-order valence-corrected chi connectivity index (χ1v) is 7.04. The fourth-order valence-corrected chi connectivity index (χ4v) is 2.77. The van der Waals surface area contributed by atoms with Crippen LogP contribution < -0.4 is 16.2 Å². The van der Waals surface area contributed by atoms with Gasteiger partial charge in [0, 0.05) is 44.2 Å². The summed E-state index contributed by atoms with van der Waals surface area (Å²) in [6, 6.07) is 0. The molecule has 0 saturated carbocycles. The number of aromatic nitrogens is 1. The number of nitrogens with one attached hydrogen (secondary N) is 1. The van der Waals surface area contributed by atoms with Crippen molar-refractivity contribution in [3.63, 3.8) is 0 Å². The van der Waals surface area contributed by atoms with Crippen LogP contribution in [0.4, 0.5) is 5.13 Å². The highest BCUT2D eigenvalue weighted by Crippen LogP contribution is 2.18. The number of hydrogen-bond acceptors (Lipinski definition) is 6. The first-order valence-electron chi connectivity index (χ1n) is 6.16. The van der Waals surface area contributed by atoms with Crippen molar-refractivity contribution in [2.45, 2.75) is 12.8 Å². The topological polar surface area (TPSA) is 74.5 Å². The lowest BCUT2D eigenvalue weighted by Crippen LogP contribution is -2.46. The van der Waals surface area contributed by atoms with E-state index in [1.165, 1.54) is 0 Å². The minimum atomic E-state index is -0.0866. The van der Waals surface area contributed by atoms with E-state index in [9.17, 15) is 4.79 Å². The van der Waals surface area contributed by atoms with Gasteiger partial charge in [0.05, 0.1) is 0 Å². The highest BCUT2D eigenvalue weighted by molar-refractivity contribution is 7.13. The number of thiazole rings is 1. The standard InChI is InChI=1S/C11H19N5OS/c12-14-10(17)2-1-4-15-5-7-16(8-6-15)11-13-3-9-18-11/h3,9H,1-2,4-8,12H2,(H,14,17). The molecular formula is C11H19N5OS. The second-order valence-corrected chi connectivity index (χ2v) is 5.19. The van der Waals surface area contributed by atoms with Gasteiger partial charge in [0.1, 0.15) is 0 Å². The van der Waals surface area contributed by atoms with E-state index in [1.807, 2.05) is 11.6 Å². The Morgan fingerprint density at radius 3 is 2.83 bits per heavy atom. The smallest absolute Gasteiger partial charge is 0.233 e. The number of nitrogens with two attached hydrogens (primary N) is 1. The number of carbonyl (C=O) groups excluding carboxylic acids is 1. The fourth-order valence-electron chi connectivity index (χ4n) is 2.07. The summed E-state index contributed by atoms with van der Waals surface area (Å²) in [5.74, 6) is 4.95. The van der Waals surface area contributed by atoms with E-state index >= 15 is 0 Å². The fraction of sp³-hybridized carbons (Fsp3) is 0.636. The Balaban J connectivity index is 1.66. The monoisotopic (exact) mass is 269 g/mol. The molecule has 0 radical (unpaired) electrons. The van der Waals surface area contributed by atoms with Crippen LogP contribution in [-0.4, -0.2) is 48.5 Å². The van der Waals surface area contributed by atoms with Crippen LogP contribution in [0.25, 0.3) is 0 Å². The van der Waals surface area contributed by atoms with Crippen molar-refractivity contribution in [1.82, 2.24) is 15.3 Å². The van der Waals surface area contributed by atoms with Crippen molar-refractivity contribution >= 4 is 22.4 Å². The Kier molecular flexibility index (Phi) is 4.91. The number of hydrogen-bond donors (Lipinski definition) is 2. The Bertz CT molecular complexity index is 362. The molecule has 6 nitrogen and oxygen atoms in total. The van der Waals surface area contributed by atoms with Crippen LogP contribution >= 0.6 is 11.3 Å². The highest BCUT2D eigenvalue weighted by Gasteiger charge is 2.18. The number of amides is 1. The normalized spacial score (nSPS) is 16.8. The van der Waals surface area contributed by atoms with Gasteiger partial charge in [-0.1, -0.05) is 0 Å². The van der Waals surface area contributed by atoms with E-state index in [-0.39, 0.29) is 5.91 Å². The van der Waals surface area contributed by atoms with Gasteiger partial charge < -0.3 is 4.90 Å². The third-order valence-electron chi connectivity index (χ3n) is 3.10. The third kappa shape index (κ3) is 3.66. The van der Waals surface area contributed by atoms with Gasteiger partial charge in [-0.25, -0.2) is 10.8 Å². The zero-order valence-electron chi connectivity index (χ0n) is 10.3. The Labute approximate surface area is 111 Å². The number of hydrazine groups is 1. The summed E-state index contributed by atoms with van der Waals surface area (Å²) in [5, 5.41) is 3.12. The van der Waals surface area contributed by atoms with Crippen molar-refractivity contribution in [2.24, 2.45) is 5.84 Å². The van der Waals surface area contributed by atoms with Crippen LogP contribution in [0, 0.1) is 0 Å².